The number of carboxylic acids is 4. The molecule has 0 saturated carbocycles. The molecule has 8 bridgehead atoms. The number of hydrogen-bond donors (Lipinski definition) is 4. The molecule has 0 heterocycles. The number of benzene rings is 4. The molecule has 0 radical (unpaired) electrons. The van der Waals surface area contributed by atoms with E-state index in [1.807, 2.05) is 0 Å². The Morgan fingerprint density at radius 1 is 0.239 bits per heavy atom. The van der Waals surface area contributed by atoms with Gasteiger partial charge in [0.15, 0.2) is 0 Å². The molecule has 0 aromatic heterocycles. The Morgan fingerprint density at radius 2 is 0.370 bits per heavy atom. The zero-order chi connectivity index (χ0) is 66.0. The van der Waals surface area contributed by atoms with Crippen LogP contribution in [0.15, 0.2) is 48.5 Å². The Hall–Kier alpha value is -6.04. The van der Waals surface area contributed by atoms with Crippen molar-refractivity contribution in [3.63, 3.8) is 0 Å². The van der Waals surface area contributed by atoms with Crippen molar-refractivity contribution in [3.8, 4) is 23.0 Å². The van der Waals surface area contributed by atoms with Gasteiger partial charge >= 0.3 is 23.9 Å². The molecule has 92 heavy (non-hydrogen) atoms. The number of unbranched alkanes of at least 4 members (excludes halogenated alkanes) is 36. The van der Waals surface area contributed by atoms with Gasteiger partial charge in [-0.1, -0.05) is 259 Å². The molecule has 1 aliphatic carbocycles. The Kier molecular flexibility index (Phi) is 38.4. The standard InChI is InChI=1S/C80H120O12/c1-5-9-13-17-21-25-29-33-37-41-45-89-73-61-49-63-55-70(78(83)84)57-65(74(63)90-46-42-38-34-30-26-22-18-14-10-6-2)51-67-59-72(80(87)88)60-68(76(67)92-48-44-40-36-32-28-24-20-16-12-8-4)52-66-58-71(79(85)86)56-64(50-62(73)54-69(53-61)77(81)82)75(66)91-47-43-39-35-31-27-23-19-15-11-7-3/h53-60H,5-52H2,1-4H3,(H,81,82)(H,83,84)(H,85,86)(H,87,88). The van der Waals surface area contributed by atoms with E-state index < -0.39 is 23.9 Å². The molecule has 12 nitrogen and oxygen atoms in total. The van der Waals surface area contributed by atoms with Gasteiger partial charge in [0.2, 0.25) is 0 Å². The zero-order valence-corrected chi connectivity index (χ0v) is 57.6. The summed E-state index contributed by atoms with van der Waals surface area (Å²) < 4.78 is 27.8. The zero-order valence-electron chi connectivity index (χ0n) is 57.6. The summed E-state index contributed by atoms with van der Waals surface area (Å²) >= 11 is 0. The topological polar surface area (TPSA) is 186 Å². The first-order valence-corrected chi connectivity index (χ1v) is 37.0. The number of aromatic carboxylic acids is 4. The van der Waals surface area contributed by atoms with Gasteiger partial charge in [-0.15, -0.1) is 0 Å². The van der Waals surface area contributed by atoms with Crippen molar-refractivity contribution in [2.75, 3.05) is 26.4 Å². The molecule has 4 N–H and O–H groups in total. The maximum Gasteiger partial charge on any atom is 0.335 e. The maximum absolute atomic E-state index is 13.4. The van der Waals surface area contributed by atoms with Gasteiger partial charge in [-0.25, -0.2) is 19.2 Å². The third-order valence-corrected chi connectivity index (χ3v) is 18.5. The molecule has 0 spiro atoms. The number of fused-ring (bicyclic) bond motifs is 8. The normalized spacial score (nSPS) is 12.0. The second kappa shape index (κ2) is 46.1. The highest BCUT2D eigenvalue weighted by Crippen LogP contribution is 2.42. The van der Waals surface area contributed by atoms with Crippen LogP contribution in [0.1, 0.15) is 370 Å². The summed E-state index contributed by atoms with van der Waals surface area (Å²) in [6.07, 6.45) is 45.5. The molecular formula is C80H120O12. The van der Waals surface area contributed by atoms with E-state index in [0.717, 1.165) is 103 Å². The second-order valence-corrected chi connectivity index (χ2v) is 26.5. The third-order valence-electron chi connectivity index (χ3n) is 18.5. The minimum absolute atomic E-state index is 0.00710. The summed E-state index contributed by atoms with van der Waals surface area (Å²) in [5, 5.41) is 43.8. The highest BCUT2D eigenvalue weighted by atomic mass is 16.5. The Bertz CT molecular complexity index is 2310. The molecular weight excluding hydrogens is 1150 g/mol. The molecule has 512 valence electrons. The lowest BCUT2D eigenvalue weighted by Crippen LogP contribution is -2.14. The minimum Gasteiger partial charge on any atom is -0.493 e. The van der Waals surface area contributed by atoms with Crippen LogP contribution in [0.2, 0.25) is 0 Å². The lowest BCUT2D eigenvalue weighted by molar-refractivity contribution is 0.0685. The average molecular weight is 1270 g/mol. The van der Waals surface area contributed by atoms with E-state index in [4.69, 9.17) is 18.9 Å². The van der Waals surface area contributed by atoms with Crippen LogP contribution in [0.25, 0.3) is 0 Å². The van der Waals surface area contributed by atoms with Gasteiger partial charge in [0, 0.05) is 25.7 Å². The van der Waals surface area contributed by atoms with Gasteiger partial charge in [-0.05, 0) is 119 Å². The molecule has 0 amide bonds. The van der Waals surface area contributed by atoms with Crippen molar-refractivity contribution in [1.29, 1.82) is 0 Å². The van der Waals surface area contributed by atoms with E-state index in [0.29, 0.717) is 93.9 Å². The summed E-state index contributed by atoms with van der Waals surface area (Å²) in [6.45, 7) is 10.3. The van der Waals surface area contributed by atoms with Crippen molar-refractivity contribution in [3.05, 3.63) is 115 Å². The monoisotopic (exact) mass is 1270 g/mol. The molecule has 4 aromatic carbocycles. The summed E-state index contributed by atoms with van der Waals surface area (Å²) in [6, 6.07) is 12.9. The molecule has 4 aromatic rings. The fourth-order valence-corrected chi connectivity index (χ4v) is 13.2. The van der Waals surface area contributed by atoms with Gasteiger partial charge in [-0.3, -0.25) is 0 Å². The Morgan fingerprint density at radius 3 is 0.500 bits per heavy atom. The average Bonchev–Trinajstić information content (AvgIpc) is 0.780. The van der Waals surface area contributed by atoms with E-state index >= 15 is 0 Å². The second-order valence-electron chi connectivity index (χ2n) is 26.5. The van der Waals surface area contributed by atoms with E-state index in [2.05, 4.69) is 27.7 Å². The van der Waals surface area contributed by atoms with Crippen molar-refractivity contribution < 1.29 is 58.6 Å². The van der Waals surface area contributed by atoms with Crippen LogP contribution < -0.4 is 18.9 Å². The van der Waals surface area contributed by atoms with Crippen molar-refractivity contribution >= 4 is 23.9 Å². The van der Waals surface area contributed by atoms with Crippen LogP contribution in [0.4, 0.5) is 0 Å². The maximum atomic E-state index is 13.4. The molecule has 1 aliphatic rings. The molecule has 5 rings (SSSR count). The SMILES string of the molecule is CCCCCCCCCCCCOc1c2cc(C(=O)O)cc1Cc1cc(C(=O)O)cc(c1OCCCCCCCCCCCC)Cc1cc(C(=O)O)cc(c1OCCCCCCCCCCCC)Cc1cc(C(=O)O)cc(c1OCCCCCCCCCCCC)C2. The molecule has 0 atom stereocenters. The quantitative estimate of drug-likeness (QED) is 0.0270. The minimum atomic E-state index is -1.16. The number of carboxylic acid groups (broad SMARTS) is 4. The fourth-order valence-electron chi connectivity index (χ4n) is 13.2. The van der Waals surface area contributed by atoms with Crippen LogP contribution in [-0.4, -0.2) is 70.7 Å². The summed E-state index contributed by atoms with van der Waals surface area (Å²) in [7, 11) is 0. The summed E-state index contributed by atoms with van der Waals surface area (Å²) in [5.41, 5.74) is 4.21. The van der Waals surface area contributed by atoms with Gasteiger partial charge < -0.3 is 39.4 Å². The third kappa shape index (κ3) is 28.7. The van der Waals surface area contributed by atoms with Crippen LogP contribution in [0, 0.1) is 0 Å². The Balaban J connectivity index is 1.67. The van der Waals surface area contributed by atoms with Crippen LogP contribution >= 0.6 is 0 Å². The fraction of sp³-hybridized carbons (Fsp3) is 0.650. The highest BCUT2D eigenvalue weighted by molar-refractivity contribution is 5.91. The lowest BCUT2D eigenvalue weighted by atomic mass is 9.88. The number of carbonyl (C=O) groups is 4. The van der Waals surface area contributed by atoms with Crippen molar-refractivity contribution in [2.24, 2.45) is 0 Å². The number of rotatable bonds is 52. The highest BCUT2D eigenvalue weighted by Gasteiger charge is 2.27. The molecule has 0 unspecified atom stereocenters. The first-order valence-electron chi connectivity index (χ1n) is 37.0. The first kappa shape index (κ1) is 76.7. The number of hydrogen-bond acceptors (Lipinski definition) is 8. The lowest BCUT2D eigenvalue weighted by Gasteiger charge is -2.24. The van der Waals surface area contributed by atoms with Crippen molar-refractivity contribution in [2.45, 2.75) is 310 Å². The Labute approximate surface area is 554 Å². The smallest absolute Gasteiger partial charge is 0.335 e. The van der Waals surface area contributed by atoms with E-state index in [9.17, 15) is 39.6 Å². The molecule has 0 aliphatic heterocycles. The van der Waals surface area contributed by atoms with Gasteiger partial charge in [0.25, 0.3) is 0 Å². The number of ether oxygens (including phenoxy) is 4. The van der Waals surface area contributed by atoms with Crippen LogP contribution in [0.5, 0.6) is 23.0 Å². The largest absolute Gasteiger partial charge is 0.493 e. The van der Waals surface area contributed by atoms with E-state index in [-0.39, 0.29) is 47.9 Å². The van der Waals surface area contributed by atoms with Gasteiger partial charge in [-0.2, -0.15) is 0 Å². The van der Waals surface area contributed by atoms with Crippen LogP contribution in [0.3, 0.4) is 0 Å². The van der Waals surface area contributed by atoms with Crippen molar-refractivity contribution in [1.82, 2.24) is 0 Å². The summed E-state index contributed by atoms with van der Waals surface area (Å²) in [4.78, 5) is 53.6. The predicted molar refractivity (Wildman–Crippen MR) is 374 cm³/mol. The van der Waals surface area contributed by atoms with Crippen LogP contribution in [-0.2, 0) is 25.7 Å². The van der Waals surface area contributed by atoms with Gasteiger partial charge in [0.05, 0.1) is 48.7 Å². The molecule has 0 saturated heterocycles. The van der Waals surface area contributed by atoms with Gasteiger partial charge in [0.1, 0.15) is 23.0 Å². The molecule has 0 fully saturated rings. The van der Waals surface area contributed by atoms with E-state index in [1.54, 1.807) is 48.5 Å². The first-order chi connectivity index (χ1) is 44.9. The van der Waals surface area contributed by atoms with E-state index in [1.165, 1.54) is 154 Å². The molecule has 12 heteroatoms. The summed E-state index contributed by atoms with van der Waals surface area (Å²) in [5.74, 6) is -2.78. The predicted octanol–water partition coefficient (Wildman–Crippen LogP) is 22.4.